The van der Waals surface area contributed by atoms with E-state index in [1.807, 2.05) is 38.1 Å². The number of carbonyl (C=O) groups excluding carboxylic acids is 1. The average molecular weight is 456 g/mol. The molecule has 0 spiro atoms. The SMILES string of the molecule is CC1(C)N=C(c2ccc(Br)cc2)C(=S)N1C(=O)c1ccc(Cl)c(Cl)c1. The molecule has 1 aliphatic rings. The summed E-state index contributed by atoms with van der Waals surface area (Å²) in [6, 6.07) is 12.4. The van der Waals surface area contributed by atoms with Gasteiger partial charge in [-0.25, -0.2) is 0 Å². The minimum atomic E-state index is -0.789. The molecule has 1 aliphatic heterocycles. The van der Waals surface area contributed by atoms with Crippen molar-refractivity contribution in [3.05, 3.63) is 68.1 Å². The van der Waals surface area contributed by atoms with E-state index in [1.54, 1.807) is 18.2 Å². The average Bonchev–Trinajstić information content (AvgIpc) is 2.79. The number of halogens is 3. The summed E-state index contributed by atoms with van der Waals surface area (Å²) < 4.78 is 0.962. The number of amides is 1. The molecule has 0 saturated carbocycles. The lowest BCUT2D eigenvalue weighted by atomic mass is 10.1. The molecular weight excluding hydrogens is 443 g/mol. The van der Waals surface area contributed by atoms with Gasteiger partial charge in [-0.15, -0.1) is 0 Å². The molecule has 128 valence electrons. The Labute approximate surface area is 169 Å². The smallest absolute Gasteiger partial charge is 0.261 e. The first-order valence-electron chi connectivity index (χ1n) is 7.40. The van der Waals surface area contributed by atoms with Crippen LogP contribution in [-0.4, -0.2) is 27.2 Å². The molecule has 7 heteroatoms. The highest BCUT2D eigenvalue weighted by Crippen LogP contribution is 2.31. The van der Waals surface area contributed by atoms with Crippen molar-refractivity contribution in [3.8, 4) is 0 Å². The molecule has 1 heterocycles. The highest BCUT2D eigenvalue weighted by Gasteiger charge is 2.42. The highest BCUT2D eigenvalue weighted by atomic mass is 79.9. The molecule has 1 amide bonds. The van der Waals surface area contributed by atoms with Crippen LogP contribution in [0.15, 0.2) is 51.9 Å². The molecule has 3 nitrogen and oxygen atoms in total. The molecule has 3 rings (SSSR count). The molecule has 0 saturated heterocycles. The third kappa shape index (κ3) is 3.51. The van der Waals surface area contributed by atoms with Crippen molar-refractivity contribution in [3.63, 3.8) is 0 Å². The second-order valence-corrected chi connectivity index (χ2v) is 8.15. The van der Waals surface area contributed by atoms with Crippen LogP contribution in [0.25, 0.3) is 0 Å². The van der Waals surface area contributed by atoms with Gasteiger partial charge in [0, 0.05) is 15.6 Å². The fraction of sp³-hybridized carbons (Fsp3) is 0.167. The molecule has 0 N–H and O–H groups in total. The summed E-state index contributed by atoms with van der Waals surface area (Å²) >= 11 is 21.0. The molecule has 0 atom stereocenters. The molecule has 0 aromatic heterocycles. The van der Waals surface area contributed by atoms with E-state index in [2.05, 4.69) is 20.9 Å². The van der Waals surface area contributed by atoms with Gasteiger partial charge in [0.05, 0.1) is 10.0 Å². The van der Waals surface area contributed by atoms with Gasteiger partial charge in [0.2, 0.25) is 0 Å². The van der Waals surface area contributed by atoms with Crippen LogP contribution in [0, 0.1) is 0 Å². The summed E-state index contributed by atoms with van der Waals surface area (Å²) in [5.41, 5.74) is 1.12. The molecule has 0 radical (unpaired) electrons. The Hall–Kier alpha value is -1.27. The van der Waals surface area contributed by atoms with Crippen LogP contribution in [0.2, 0.25) is 10.0 Å². The highest BCUT2D eigenvalue weighted by molar-refractivity contribution is 9.10. The lowest BCUT2D eigenvalue weighted by molar-refractivity contribution is 0.0758. The van der Waals surface area contributed by atoms with Crippen molar-refractivity contribution in [2.24, 2.45) is 4.99 Å². The summed E-state index contributed by atoms with van der Waals surface area (Å²) in [5, 5.41) is 0.720. The molecule has 0 fully saturated rings. The van der Waals surface area contributed by atoms with Crippen molar-refractivity contribution < 1.29 is 4.79 Å². The van der Waals surface area contributed by atoms with Crippen molar-refractivity contribution in [2.75, 3.05) is 0 Å². The van der Waals surface area contributed by atoms with E-state index in [1.165, 1.54) is 4.90 Å². The lowest BCUT2D eigenvalue weighted by Crippen LogP contribution is -2.46. The molecule has 2 aromatic rings. The van der Waals surface area contributed by atoms with Gasteiger partial charge in [-0.2, -0.15) is 0 Å². The molecular formula is C18H13BrCl2N2OS. The maximum atomic E-state index is 13.0. The normalized spacial score (nSPS) is 16.1. The van der Waals surface area contributed by atoms with Gasteiger partial charge in [-0.3, -0.25) is 14.7 Å². The van der Waals surface area contributed by atoms with Crippen LogP contribution in [0.4, 0.5) is 0 Å². The zero-order chi connectivity index (χ0) is 18.4. The molecule has 0 aliphatic carbocycles. The second kappa shape index (κ2) is 6.80. The predicted octanol–water partition coefficient (Wildman–Crippen LogP) is 5.76. The minimum Gasteiger partial charge on any atom is -0.272 e. The maximum absolute atomic E-state index is 13.0. The van der Waals surface area contributed by atoms with Gasteiger partial charge in [0.15, 0.2) is 0 Å². The lowest BCUT2D eigenvalue weighted by Gasteiger charge is -2.29. The van der Waals surface area contributed by atoms with E-state index in [-0.39, 0.29) is 5.91 Å². The number of carbonyl (C=O) groups is 1. The van der Waals surface area contributed by atoms with Crippen molar-refractivity contribution in [1.82, 2.24) is 4.90 Å². The zero-order valence-electron chi connectivity index (χ0n) is 13.4. The van der Waals surface area contributed by atoms with Crippen molar-refractivity contribution in [1.29, 1.82) is 0 Å². The van der Waals surface area contributed by atoms with Crippen LogP contribution >= 0.6 is 51.3 Å². The maximum Gasteiger partial charge on any atom is 0.261 e. The number of hydrogen-bond acceptors (Lipinski definition) is 3. The number of benzene rings is 2. The quantitative estimate of drug-likeness (QED) is 0.539. The Morgan fingerprint density at radius 3 is 2.36 bits per heavy atom. The van der Waals surface area contributed by atoms with Crippen LogP contribution in [0.3, 0.4) is 0 Å². The number of rotatable bonds is 2. The number of hydrogen-bond donors (Lipinski definition) is 0. The topological polar surface area (TPSA) is 32.7 Å². The first kappa shape index (κ1) is 18.5. The Morgan fingerprint density at radius 2 is 1.76 bits per heavy atom. The van der Waals surface area contributed by atoms with Crippen LogP contribution in [0.1, 0.15) is 29.8 Å². The van der Waals surface area contributed by atoms with Gasteiger partial charge in [-0.1, -0.05) is 63.5 Å². The van der Waals surface area contributed by atoms with Crippen LogP contribution in [-0.2, 0) is 0 Å². The predicted molar refractivity (Wildman–Crippen MR) is 110 cm³/mol. The first-order valence-corrected chi connectivity index (χ1v) is 9.36. The number of thiocarbonyl (C=S) groups is 1. The number of aliphatic imine (C=N–C) groups is 1. The van der Waals surface area contributed by atoms with Gasteiger partial charge in [0.25, 0.3) is 5.91 Å². The summed E-state index contributed by atoms with van der Waals surface area (Å²) in [6.45, 7) is 3.70. The molecule has 0 bridgehead atoms. The monoisotopic (exact) mass is 454 g/mol. The van der Waals surface area contributed by atoms with Gasteiger partial charge >= 0.3 is 0 Å². The van der Waals surface area contributed by atoms with Gasteiger partial charge in [0.1, 0.15) is 16.4 Å². The number of nitrogens with zero attached hydrogens (tertiary/aromatic N) is 2. The first-order chi connectivity index (χ1) is 11.7. The van der Waals surface area contributed by atoms with Gasteiger partial charge < -0.3 is 0 Å². The fourth-order valence-electron chi connectivity index (χ4n) is 2.62. The second-order valence-electron chi connectivity index (χ2n) is 6.04. The minimum absolute atomic E-state index is 0.260. The van der Waals surface area contributed by atoms with E-state index >= 15 is 0 Å². The largest absolute Gasteiger partial charge is 0.272 e. The van der Waals surface area contributed by atoms with Crippen molar-refractivity contribution in [2.45, 2.75) is 19.5 Å². The molecule has 0 unspecified atom stereocenters. The third-order valence-electron chi connectivity index (χ3n) is 3.83. The van der Waals surface area contributed by atoms with E-state index in [0.29, 0.717) is 26.3 Å². The third-order valence-corrected chi connectivity index (χ3v) is 5.47. The Kier molecular flexibility index (Phi) is 5.04. The molecule has 2 aromatic carbocycles. The van der Waals surface area contributed by atoms with E-state index in [0.717, 1.165) is 10.0 Å². The Bertz CT molecular complexity index is 910. The van der Waals surface area contributed by atoms with Crippen LogP contribution in [0.5, 0.6) is 0 Å². The van der Waals surface area contributed by atoms with E-state index < -0.39 is 5.66 Å². The Balaban J connectivity index is 1.98. The molecule has 25 heavy (non-hydrogen) atoms. The van der Waals surface area contributed by atoms with Crippen LogP contribution < -0.4 is 0 Å². The summed E-state index contributed by atoms with van der Waals surface area (Å²) in [4.78, 5) is 19.6. The Morgan fingerprint density at radius 1 is 1.12 bits per heavy atom. The standard InChI is InChI=1S/C18H13BrCl2N2OS/c1-18(2)22-15(10-3-6-12(19)7-4-10)17(25)23(18)16(24)11-5-8-13(20)14(21)9-11/h3-9H,1-2H3. The summed E-state index contributed by atoms with van der Waals surface area (Å²) in [7, 11) is 0. The summed E-state index contributed by atoms with van der Waals surface area (Å²) in [6.07, 6.45) is 0. The van der Waals surface area contributed by atoms with Crippen molar-refractivity contribution >= 4 is 68.0 Å². The van der Waals surface area contributed by atoms with E-state index in [9.17, 15) is 4.79 Å². The summed E-state index contributed by atoms with van der Waals surface area (Å²) in [5.74, 6) is -0.260. The van der Waals surface area contributed by atoms with E-state index in [4.69, 9.17) is 35.4 Å². The van der Waals surface area contributed by atoms with Gasteiger partial charge in [-0.05, 0) is 44.2 Å². The fourth-order valence-corrected chi connectivity index (χ4v) is 3.65. The zero-order valence-corrected chi connectivity index (χ0v) is 17.3.